The lowest BCUT2D eigenvalue weighted by Crippen LogP contribution is -2.23. The number of alkyl halides is 3. The van der Waals surface area contributed by atoms with Crippen molar-refractivity contribution in [3.63, 3.8) is 0 Å². The third kappa shape index (κ3) is 5.96. The summed E-state index contributed by atoms with van der Waals surface area (Å²) in [5.74, 6) is 1.46. The molecule has 0 amide bonds. The predicted molar refractivity (Wildman–Crippen MR) is 127 cm³/mol. The van der Waals surface area contributed by atoms with Gasteiger partial charge in [-0.2, -0.15) is 28.1 Å². The molecule has 6 bridgehead atoms. The molecule has 6 rings (SSSR count). The summed E-state index contributed by atoms with van der Waals surface area (Å²) in [6.07, 6.45) is -0.977. The van der Waals surface area contributed by atoms with Crippen LogP contribution in [0.3, 0.4) is 0 Å². The van der Waals surface area contributed by atoms with Gasteiger partial charge in [-0.15, -0.1) is 0 Å². The van der Waals surface area contributed by atoms with Gasteiger partial charge in [-0.05, 0) is 61.2 Å². The molecule has 11 heteroatoms. The zero-order valence-corrected chi connectivity index (χ0v) is 19.4. The maximum Gasteiger partial charge on any atom is 0.422 e. The summed E-state index contributed by atoms with van der Waals surface area (Å²) in [6, 6.07) is 14.3. The van der Waals surface area contributed by atoms with Gasteiger partial charge in [0, 0.05) is 11.8 Å². The van der Waals surface area contributed by atoms with E-state index in [2.05, 4.69) is 25.6 Å². The molecule has 0 saturated heterocycles. The molecule has 1 aromatic heterocycles. The molecule has 2 aromatic carbocycles. The van der Waals surface area contributed by atoms with Crippen LogP contribution in [-0.2, 0) is 5.54 Å². The molecule has 1 aliphatic carbocycles. The number of benzene rings is 2. The van der Waals surface area contributed by atoms with Gasteiger partial charge in [0.15, 0.2) is 6.61 Å². The molecule has 1 spiro atoms. The van der Waals surface area contributed by atoms with Crippen molar-refractivity contribution in [1.29, 1.82) is 0 Å². The second-order valence-corrected chi connectivity index (χ2v) is 8.70. The molecule has 2 N–H and O–H groups in total. The minimum atomic E-state index is -4.53. The third-order valence-corrected chi connectivity index (χ3v) is 5.73. The monoisotopic (exact) mass is 499 g/mol. The van der Waals surface area contributed by atoms with Crippen LogP contribution in [0.2, 0.25) is 0 Å². The Morgan fingerprint density at radius 3 is 2.50 bits per heavy atom. The van der Waals surface area contributed by atoms with Crippen LogP contribution in [0, 0.1) is 0 Å². The molecule has 3 aliphatic rings. The van der Waals surface area contributed by atoms with Gasteiger partial charge < -0.3 is 24.8 Å². The van der Waals surface area contributed by atoms with Crippen molar-refractivity contribution in [2.24, 2.45) is 0 Å². The first-order valence-electron chi connectivity index (χ1n) is 11.4. The quantitative estimate of drug-likeness (QED) is 0.455. The fraction of sp³-hybridized carbons (Fsp3) is 0.320. The Balaban J connectivity index is 1.50. The van der Waals surface area contributed by atoms with Crippen LogP contribution in [0.4, 0.5) is 30.8 Å². The molecule has 36 heavy (non-hydrogen) atoms. The number of anilines is 3. The minimum Gasteiger partial charge on any atom is -0.489 e. The highest BCUT2D eigenvalue weighted by Gasteiger charge is 2.45. The van der Waals surface area contributed by atoms with Gasteiger partial charge in [0.2, 0.25) is 11.9 Å². The lowest BCUT2D eigenvalue weighted by molar-refractivity contribution is -0.154. The van der Waals surface area contributed by atoms with E-state index in [4.69, 9.17) is 14.2 Å². The largest absolute Gasteiger partial charge is 0.489 e. The van der Waals surface area contributed by atoms with Crippen molar-refractivity contribution in [2.75, 3.05) is 30.5 Å². The fourth-order valence-corrected chi connectivity index (χ4v) is 3.70. The summed E-state index contributed by atoms with van der Waals surface area (Å²) < 4.78 is 54.8. The lowest BCUT2D eigenvalue weighted by Gasteiger charge is -2.19. The zero-order valence-electron chi connectivity index (χ0n) is 19.4. The maximum atomic E-state index is 12.8. The Morgan fingerprint density at radius 2 is 1.75 bits per heavy atom. The van der Waals surface area contributed by atoms with E-state index in [9.17, 15) is 13.2 Å². The first kappa shape index (κ1) is 23.7. The number of fused-ring (bicyclic) bond motifs is 6. The number of rotatable bonds is 2. The molecule has 0 radical (unpaired) electrons. The van der Waals surface area contributed by atoms with E-state index < -0.39 is 24.3 Å². The normalized spacial score (nSPS) is 16.7. The van der Waals surface area contributed by atoms with Crippen LogP contribution in [0.5, 0.6) is 17.5 Å². The summed E-state index contributed by atoms with van der Waals surface area (Å²) in [4.78, 5) is 12.5. The van der Waals surface area contributed by atoms with Crippen LogP contribution in [0.15, 0.2) is 60.2 Å². The average Bonchev–Trinajstić information content (AvgIpc) is 3.61. The van der Waals surface area contributed by atoms with Crippen molar-refractivity contribution < 1.29 is 27.4 Å². The summed E-state index contributed by atoms with van der Waals surface area (Å²) >= 11 is 0. The lowest BCUT2D eigenvalue weighted by atomic mass is 10.1. The number of halogens is 3. The van der Waals surface area contributed by atoms with Crippen molar-refractivity contribution in [1.82, 2.24) is 15.0 Å². The topological polar surface area (TPSA) is 90.4 Å². The number of aromatic nitrogens is 3. The van der Waals surface area contributed by atoms with Crippen LogP contribution in [-0.4, -0.2) is 40.9 Å². The van der Waals surface area contributed by atoms with Crippen LogP contribution >= 0.6 is 0 Å². The molecule has 2 aliphatic heterocycles. The van der Waals surface area contributed by atoms with Crippen LogP contribution in [0.25, 0.3) is 0 Å². The second kappa shape index (κ2) is 9.56. The molecule has 0 unspecified atom stereocenters. The molecular formula is C25H24F3N5O3. The Bertz CT molecular complexity index is 1260. The van der Waals surface area contributed by atoms with E-state index in [1.807, 2.05) is 37.3 Å². The van der Waals surface area contributed by atoms with Crippen molar-refractivity contribution in [3.8, 4) is 17.5 Å². The van der Waals surface area contributed by atoms with Crippen LogP contribution < -0.4 is 24.8 Å². The van der Waals surface area contributed by atoms with E-state index >= 15 is 0 Å². The smallest absolute Gasteiger partial charge is 0.422 e. The molecule has 1 fully saturated rings. The highest BCUT2D eigenvalue weighted by Crippen LogP contribution is 2.48. The Kier molecular flexibility index (Phi) is 6.29. The third-order valence-electron chi connectivity index (χ3n) is 5.73. The first-order chi connectivity index (χ1) is 17.3. The maximum absolute atomic E-state index is 12.8. The van der Waals surface area contributed by atoms with E-state index in [1.54, 1.807) is 24.3 Å². The van der Waals surface area contributed by atoms with E-state index in [-0.39, 0.29) is 11.9 Å². The molecule has 0 atom stereocenters. The van der Waals surface area contributed by atoms with Crippen molar-refractivity contribution in [2.45, 2.75) is 31.5 Å². The van der Waals surface area contributed by atoms with E-state index in [0.717, 1.165) is 29.7 Å². The number of nitrogens with one attached hydrogen (secondary N) is 2. The van der Waals surface area contributed by atoms with Gasteiger partial charge in [-0.25, -0.2) is 0 Å². The summed E-state index contributed by atoms with van der Waals surface area (Å²) in [6.45, 7) is 1.23. The Labute approximate surface area is 205 Å². The van der Waals surface area contributed by atoms with Crippen molar-refractivity contribution in [3.05, 3.63) is 65.7 Å². The zero-order chi connectivity index (χ0) is 25.2. The first-order valence-corrected chi connectivity index (χ1v) is 11.4. The van der Waals surface area contributed by atoms with Gasteiger partial charge >= 0.3 is 12.2 Å². The molecule has 1 saturated carbocycles. The Hall–Kier alpha value is -4.02. The number of hydrogen-bond donors (Lipinski definition) is 2. The van der Waals surface area contributed by atoms with Gasteiger partial charge in [0.05, 0.1) is 5.54 Å². The Morgan fingerprint density at radius 1 is 0.972 bits per heavy atom. The van der Waals surface area contributed by atoms with Crippen molar-refractivity contribution >= 4 is 17.6 Å². The number of nitrogens with zero attached hydrogens (tertiary/aromatic N) is 3. The molecule has 3 heterocycles. The van der Waals surface area contributed by atoms with E-state index in [1.165, 1.54) is 0 Å². The predicted octanol–water partition coefficient (Wildman–Crippen LogP) is 5.38. The van der Waals surface area contributed by atoms with Gasteiger partial charge in [0.25, 0.3) is 0 Å². The highest BCUT2D eigenvalue weighted by atomic mass is 19.4. The minimum absolute atomic E-state index is 0.0371. The van der Waals surface area contributed by atoms with E-state index in [0.29, 0.717) is 24.7 Å². The number of ether oxygens (including phenoxy) is 3. The van der Waals surface area contributed by atoms with Gasteiger partial charge in [0.1, 0.15) is 24.7 Å². The van der Waals surface area contributed by atoms with Crippen LogP contribution in [0.1, 0.15) is 25.3 Å². The molecule has 8 nitrogen and oxygen atoms in total. The molecule has 3 aromatic rings. The standard InChI is InChI=1S/C25H24F3N5O3/c1-16-9-12-34-20-4-2-3-18(13-20)29-21-30-22(32-23(31-21)36-15-25(26,27)28)33-24(10-11-24)17-5-7-19(8-6-17)35-14-16/h2-9,13H,10-12,14-15H2,1H3,(H2,29,30,31,32,33). The molecule has 188 valence electrons. The average molecular weight is 499 g/mol. The summed E-state index contributed by atoms with van der Waals surface area (Å²) in [7, 11) is 0. The summed E-state index contributed by atoms with van der Waals surface area (Å²) in [5, 5.41) is 6.28. The highest BCUT2D eigenvalue weighted by molar-refractivity contribution is 5.57. The molecular weight excluding hydrogens is 475 g/mol. The second-order valence-electron chi connectivity index (χ2n) is 8.70. The SMILES string of the molecule is CC1=CCOc2cccc(c2)Nc2nc(nc(OCC(F)(F)F)n2)NC2(CC2)c2ccc(cc2)OC1. The van der Waals surface area contributed by atoms with Gasteiger partial charge in [-0.1, -0.05) is 18.2 Å². The summed E-state index contributed by atoms with van der Waals surface area (Å²) in [5.41, 5.74) is 2.16. The fourth-order valence-electron chi connectivity index (χ4n) is 3.70. The number of hydrogen-bond acceptors (Lipinski definition) is 8. The van der Waals surface area contributed by atoms with Gasteiger partial charge in [-0.3, -0.25) is 0 Å².